The van der Waals surface area contributed by atoms with E-state index in [1.165, 1.54) is 11.1 Å². The Morgan fingerprint density at radius 3 is 2.94 bits per heavy atom. The third kappa shape index (κ3) is 4.19. The van der Waals surface area contributed by atoms with Gasteiger partial charge in [0.05, 0.1) is 17.4 Å². The summed E-state index contributed by atoms with van der Waals surface area (Å²) in [6, 6.07) is 9.26. The number of amides is 1. The topological polar surface area (TPSA) is 92.4 Å². The maximum atomic E-state index is 12.8. The van der Waals surface area contributed by atoms with E-state index >= 15 is 0 Å². The quantitative estimate of drug-likeness (QED) is 0.438. The first kappa shape index (κ1) is 21.9. The van der Waals surface area contributed by atoms with Crippen molar-refractivity contribution in [3.05, 3.63) is 81.4 Å². The number of nitrogens with one attached hydrogen (secondary N) is 2. The van der Waals surface area contributed by atoms with E-state index < -0.39 is 0 Å². The first-order chi connectivity index (χ1) is 17.0. The Balaban J connectivity index is 1.16. The summed E-state index contributed by atoms with van der Waals surface area (Å²) in [5, 5.41) is 3.75. The van der Waals surface area contributed by atoms with Gasteiger partial charge in [0.2, 0.25) is 6.79 Å². The summed E-state index contributed by atoms with van der Waals surface area (Å²) in [6.45, 7) is 5.04. The zero-order valence-corrected chi connectivity index (χ0v) is 20.0. The van der Waals surface area contributed by atoms with Crippen LogP contribution >= 0.6 is 11.6 Å². The second-order valence-corrected chi connectivity index (χ2v) is 9.31. The predicted molar refractivity (Wildman–Crippen MR) is 132 cm³/mol. The van der Waals surface area contributed by atoms with E-state index in [4.69, 9.17) is 21.1 Å². The Hall–Kier alpha value is -3.62. The number of carbonyl (C=O) groups is 1. The van der Waals surface area contributed by atoms with Crippen LogP contribution in [0, 0.1) is 6.92 Å². The molecule has 9 heteroatoms. The van der Waals surface area contributed by atoms with Gasteiger partial charge in [0.15, 0.2) is 11.5 Å². The van der Waals surface area contributed by atoms with Crippen molar-refractivity contribution in [2.75, 3.05) is 13.3 Å². The minimum Gasteiger partial charge on any atom is -0.454 e. The van der Waals surface area contributed by atoms with Crippen LogP contribution in [0.15, 0.2) is 42.9 Å². The number of H-pyrrole nitrogens is 1. The molecular formula is C26H24ClN5O3. The molecule has 0 unspecified atom stereocenters. The van der Waals surface area contributed by atoms with Gasteiger partial charge in [-0.25, -0.2) is 4.98 Å². The summed E-state index contributed by atoms with van der Waals surface area (Å²) in [5.41, 5.74) is 7.79. The fourth-order valence-corrected chi connectivity index (χ4v) is 5.03. The van der Waals surface area contributed by atoms with E-state index in [-0.39, 0.29) is 12.7 Å². The zero-order valence-electron chi connectivity index (χ0n) is 19.2. The molecule has 0 radical (unpaired) electrons. The highest BCUT2D eigenvalue weighted by atomic mass is 35.5. The third-order valence-electron chi connectivity index (χ3n) is 6.72. The summed E-state index contributed by atoms with van der Waals surface area (Å²) >= 11 is 6.50. The van der Waals surface area contributed by atoms with Crippen LogP contribution in [0.1, 0.15) is 38.3 Å². The number of ether oxygens (including phenoxy) is 2. The number of nitrogens with zero attached hydrogens (tertiary/aromatic N) is 3. The third-order valence-corrected chi connectivity index (χ3v) is 7.07. The van der Waals surface area contributed by atoms with Gasteiger partial charge in [-0.2, -0.15) is 0 Å². The molecule has 4 heterocycles. The lowest BCUT2D eigenvalue weighted by Crippen LogP contribution is -2.32. The van der Waals surface area contributed by atoms with Crippen molar-refractivity contribution in [2.24, 2.45) is 0 Å². The van der Waals surface area contributed by atoms with E-state index in [0.29, 0.717) is 29.4 Å². The van der Waals surface area contributed by atoms with Crippen molar-refractivity contribution in [3.63, 3.8) is 0 Å². The van der Waals surface area contributed by atoms with Gasteiger partial charge in [-0.3, -0.25) is 14.7 Å². The Morgan fingerprint density at radius 1 is 1.20 bits per heavy atom. The number of benzene rings is 2. The predicted octanol–water partition coefficient (Wildman–Crippen LogP) is 4.14. The van der Waals surface area contributed by atoms with Crippen LogP contribution in [0.4, 0.5) is 0 Å². The highest BCUT2D eigenvalue weighted by Gasteiger charge is 2.23. The standard InChI is InChI=1S/C26H24ClN5O3/c1-15-20(10-29-26(33)16-2-3-22-23(6-16)31-13-30-22)19-4-5-32(12-18(19)9-28-15)11-17-7-24-25(8-21(17)27)35-14-34-24/h2-3,6-9,13H,4-5,10-12,14H2,1H3,(H,29,33)(H,30,31). The summed E-state index contributed by atoms with van der Waals surface area (Å²) in [5.74, 6) is 1.32. The van der Waals surface area contributed by atoms with Crippen LogP contribution in [-0.4, -0.2) is 39.1 Å². The molecule has 2 aliphatic rings. The highest BCUT2D eigenvalue weighted by Crippen LogP contribution is 2.37. The molecule has 4 aromatic rings. The lowest BCUT2D eigenvalue weighted by atomic mass is 9.94. The summed E-state index contributed by atoms with van der Waals surface area (Å²) < 4.78 is 10.9. The molecule has 178 valence electrons. The minimum atomic E-state index is -0.117. The number of pyridine rings is 1. The van der Waals surface area contributed by atoms with Crippen molar-refractivity contribution >= 4 is 28.5 Å². The van der Waals surface area contributed by atoms with E-state index in [0.717, 1.165) is 53.1 Å². The summed E-state index contributed by atoms with van der Waals surface area (Å²) in [7, 11) is 0. The summed E-state index contributed by atoms with van der Waals surface area (Å²) in [4.78, 5) is 27.1. The van der Waals surface area contributed by atoms with Crippen LogP contribution in [0.2, 0.25) is 5.02 Å². The lowest BCUT2D eigenvalue weighted by molar-refractivity contribution is 0.0950. The van der Waals surface area contributed by atoms with E-state index in [9.17, 15) is 4.79 Å². The second-order valence-electron chi connectivity index (χ2n) is 8.90. The molecule has 0 aliphatic carbocycles. The second kappa shape index (κ2) is 8.87. The normalized spacial score (nSPS) is 14.8. The Labute approximate surface area is 207 Å². The van der Waals surface area contributed by atoms with Crippen LogP contribution < -0.4 is 14.8 Å². The number of imidazole rings is 1. The monoisotopic (exact) mass is 489 g/mol. The lowest BCUT2D eigenvalue weighted by Gasteiger charge is -2.30. The highest BCUT2D eigenvalue weighted by molar-refractivity contribution is 6.31. The molecule has 2 aromatic heterocycles. The van der Waals surface area contributed by atoms with Crippen LogP contribution in [0.3, 0.4) is 0 Å². The maximum Gasteiger partial charge on any atom is 0.251 e. The van der Waals surface area contributed by atoms with Crippen LogP contribution in [0.5, 0.6) is 11.5 Å². The smallest absolute Gasteiger partial charge is 0.251 e. The molecule has 2 aliphatic heterocycles. The van der Waals surface area contributed by atoms with Crippen molar-refractivity contribution in [1.29, 1.82) is 0 Å². The van der Waals surface area contributed by atoms with Gasteiger partial charge in [0.25, 0.3) is 5.91 Å². The van der Waals surface area contributed by atoms with Crippen molar-refractivity contribution < 1.29 is 14.3 Å². The first-order valence-electron chi connectivity index (χ1n) is 11.5. The number of aromatic amines is 1. The number of hydrogen-bond donors (Lipinski definition) is 2. The fourth-order valence-electron chi connectivity index (χ4n) is 4.82. The molecule has 35 heavy (non-hydrogen) atoms. The van der Waals surface area contributed by atoms with Gasteiger partial charge in [-0.05, 0) is 59.9 Å². The largest absolute Gasteiger partial charge is 0.454 e. The van der Waals surface area contributed by atoms with E-state index in [1.807, 2.05) is 37.4 Å². The van der Waals surface area contributed by atoms with Crippen LogP contribution in [-0.2, 0) is 26.1 Å². The number of aromatic nitrogens is 3. The molecule has 8 nitrogen and oxygen atoms in total. The molecule has 0 spiro atoms. The van der Waals surface area contributed by atoms with Gasteiger partial charge < -0.3 is 19.8 Å². The average Bonchev–Trinajstić information content (AvgIpc) is 3.52. The summed E-state index contributed by atoms with van der Waals surface area (Å²) in [6.07, 6.45) is 4.46. The SMILES string of the molecule is Cc1ncc2c(c1CNC(=O)c1ccc3nc[nH]c3c1)CCN(Cc1cc3c(cc1Cl)OCO3)C2. The van der Waals surface area contributed by atoms with Crippen molar-refractivity contribution in [2.45, 2.75) is 33.0 Å². The molecule has 2 aromatic carbocycles. The van der Waals surface area contributed by atoms with E-state index in [2.05, 4.69) is 25.2 Å². The molecule has 0 saturated heterocycles. The number of halogens is 1. The fraction of sp³-hybridized carbons (Fsp3) is 0.269. The number of carbonyl (C=O) groups excluding carboxylic acids is 1. The number of aryl methyl sites for hydroxylation is 1. The molecule has 6 rings (SSSR count). The van der Waals surface area contributed by atoms with Gasteiger partial charge in [-0.1, -0.05) is 11.6 Å². The molecule has 0 fully saturated rings. The zero-order chi connectivity index (χ0) is 23.9. The molecule has 0 saturated carbocycles. The average molecular weight is 490 g/mol. The maximum absolute atomic E-state index is 12.8. The van der Waals surface area contributed by atoms with Crippen molar-refractivity contribution in [3.8, 4) is 11.5 Å². The Kier molecular flexibility index (Phi) is 5.54. The minimum absolute atomic E-state index is 0.117. The number of fused-ring (bicyclic) bond motifs is 3. The Bertz CT molecular complexity index is 1450. The Morgan fingerprint density at radius 2 is 2.06 bits per heavy atom. The van der Waals surface area contributed by atoms with Crippen LogP contribution in [0.25, 0.3) is 11.0 Å². The van der Waals surface area contributed by atoms with Gasteiger partial charge in [0, 0.05) is 54.7 Å². The molecule has 2 N–H and O–H groups in total. The first-order valence-corrected chi connectivity index (χ1v) is 11.9. The molecule has 0 atom stereocenters. The van der Waals surface area contributed by atoms with Gasteiger partial charge >= 0.3 is 0 Å². The van der Waals surface area contributed by atoms with Gasteiger partial charge in [-0.15, -0.1) is 0 Å². The molecular weight excluding hydrogens is 466 g/mol. The van der Waals surface area contributed by atoms with Gasteiger partial charge in [0.1, 0.15) is 0 Å². The molecule has 0 bridgehead atoms. The number of hydrogen-bond acceptors (Lipinski definition) is 6. The van der Waals surface area contributed by atoms with Crippen molar-refractivity contribution in [1.82, 2.24) is 25.2 Å². The molecule has 1 amide bonds. The van der Waals surface area contributed by atoms with E-state index in [1.54, 1.807) is 12.4 Å². The number of rotatable bonds is 5.